The molecule has 1 aromatic heterocycles. The SMILES string of the molecule is CCN(CC)CCOC(=O)NC(=O)c1c(C)[nH]c(/C=C2\C(=O)Nc3ccc(F)cc32)c1C. The molecular weight excluding hydrogens is 415 g/mol. The number of alkyl carbamates (subject to hydrolysis) is 1. The molecule has 0 unspecified atom stereocenters. The van der Waals surface area contributed by atoms with Gasteiger partial charge in [0.05, 0.1) is 11.1 Å². The van der Waals surface area contributed by atoms with Crippen molar-refractivity contribution in [3.05, 3.63) is 52.1 Å². The first-order valence-corrected chi connectivity index (χ1v) is 10.5. The largest absolute Gasteiger partial charge is 0.448 e. The van der Waals surface area contributed by atoms with Crippen LogP contribution in [-0.4, -0.2) is 54.0 Å². The summed E-state index contributed by atoms with van der Waals surface area (Å²) in [6.07, 6.45) is 0.754. The van der Waals surface area contributed by atoms with E-state index in [2.05, 4.69) is 20.5 Å². The number of rotatable bonds is 7. The van der Waals surface area contributed by atoms with Gasteiger partial charge in [-0.05, 0) is 56.8 Å². The zero-order chi connectivity index (χ0) is 23.4. The molecule has 0 bridgehead atoms. The molecule has 0 spiro atoms. The monoisotopic (exact) mass is 442 g/mol. The van der Waals surface area contributed by atoms with E-state index >= 15 is 0 Å². The maximum absolute atomic E-state index is 13.7. The smallest absolute Gasteiger partial charge is 0.414 e. The van der Waals surface area contributed by atoms with Crippen LogP contribution in [0.2, 0.25) is 0 Å². The Labute approximate surface area is 185 Å². The van der Waals surface area contributed by atoms with E-state index in [0.717, 1.165) is 13.1 Å². The Hall–Kier alpha value is -3.46. The lowest BCUT2D eigenvalue weighted by Gasteiger charge is -2.17. The lowest BCUT2D eigenvalue weighted by atomic mass is 10.0. The molecule has 0 atom stereocenters. The lowest BCUT2D eigenvalue weighted by molar-refractivity contribution is -0.110. The van der Waals surface area contributed by atoms with Gasteiger partial charge in [0.1, 0.15) is 12.4 Å². The van der Waals surface area contributed by atoms with E-state index in [1.165, 1.54) is 18.2 Å². The Balaban J connectivity index is 1.75. The quantitative estimate of drug-likeness (QED) is 0.570. The first-order chi connectivity index (χ1) is 15.2. The number of fused-ring (bicyclic) bond motifs is 1. The fourth-order valence-corrected chi connectivity index (χ4v) is 3.71. The highest BCUT2D eigenvalue weighted by Gasteiger charge is 2.26. The van der Waals surface area contributed by atoms with Crippen LogP contribution in [0.4, 0.5) is 14.9 Å². The number of H-pyrrole nitrogens is 1. The summed E-state index contributed by atoms with van der Waals surface area (Å²) in [5.74, 6) is -1.42. The van der Waals surface area contributed by atoms with Crippen LogP contribution in [0.5, 0.6) is 0 Å². The third-order valence-corrected chi connectivity index (χ3v) is 5.51. The van der Waals surface area contributed by atoms with Gasteiger partial charge in [0.15, 0.2) is 0 Å². The summed E-state index contributed by atoms with van der Waals surface area (Å²) in [6.45, 7) is 9.87. The third-order valence-electron chi connectivity index (χ3n) is 5.51. The molecule has 32 heavy (non-hydrogen) atoms. The van der Waals surface area contributed by atoms with E-state index in [4.69, 9.17) is 4.74 Å². The zero-order valence-electron chi connectivity index (χ0n) is 18.6. The van der Waals surface area contributed by atoms with E-state index in [-0.39, 0.29) is 23.7 Å². The number of amides is 3. The Morgan fingerprint density at radius 1 is 1.22 bits per heavy atom. The summed E-state index contributed by atoms with van der Waals surface area (Å²) in [7, 11) is 0. The van der Waals surface area contributed by atoms with Crippen molar-refractivity contribution >= 4 is 35.2 Å². The van der Waals surface area contributed by atoms with Gasteiger partial charge in [0.2, 0.25) is 0 Å². The van der Waals surface area contributed by atoms with Crippen LogP contribution >= 0.6 is 0 Å². The molecule has 2 aromatic rings. The number of ether oxygens (including phenoxy) is 1. The van der Waals surface area contributed by atoms with Gasteiger partial charge in [0.25, 0.3) is 11.8 Å². The molecule has 1 aromatic carbocycles. The molecule has 0 fully saturated rings. The van der Waals surface area contributed by atoms with Crippen molar-refractivity contribution in [2.75, 3.05) is 31.6 Å². The number of carbonyl (C=O) groups excluding carboxylic acids is 3. The fourth-order valence-electron chi connectivity index (χ4n) is 3.71. The number of benzene rings is 1. The minimum atomic E-state index is -0.818. The van der Waals surface area contributed by atoms with Crippen molar-refractivity contribution < 1.29 is 23.5 Å². The van der Waals surface area contributed by atoms with E-state index in [1.54, 1.807) is 19.9 Å². The summed E-state index contributed by atoms with van der Waals surface area (Å²) in [5, 5.41) is 4.93. The van der Waals surface area contributed by atoms with Crippen molar-refractivity contribution in [3.63, 3.8) is 0 Å². The minimum Gasteiger partial charge on any atom is -0.448 e. The van der Waals surface area contributed by atoms with Crippen LogP contribution in [0.15, 0.2) is 18.2 Å². The average Bonchev–Trinajstić information content (AvgIpc) is 3.20. The highest BCUT2D eigenvalue weighted by atomic mass is 19.1. The number of imide groups is 1. The number of likely N-dealkylation sites (N-methyl/N-ethyl adjacent to an activating group) is 1. The van der Waals surface area contributed by atoms with Gasteiger partial charge in [-0.25, -0.2) is 9.18 Å². The Kier molecular flexibility index (Phi) is 7.09. The second-order valence-corrected chi connectivity index (χ2v) is 7.48. The van der Waals surface area contributed by atoms with Crippen molar-refractivity contribution in [2.24, 2.45) is 0 Å². The van der Waals surface area contributed by atoms with Crippen LogP contribution in [0.1, 0.15) is 46.7 Å². The van der Waals surface area contributed by atoms with E-state index in [0.29, 0.717) is 34.7 Å². The van der Waals surface area contributed by atoms with Gasteiger partial charge < -0.3 is 19.9 Å². The van der Waals surface area contributed by atoms with Crippen LogP contribution < -0.4 is 10.6 Å². The molecule has 170 valence electrons. The second kappa shape index (κ2) is 9.78. The number of aryl methyl sites for hydroxylation is 1. The van der Waals surface area contributed by atoms with Gasteiger partial charge in [-0.1, -0.05) is 13.8 Å². The predicted molar refractivity (Wildman–Crippen MR) is 120 cm³/mol. The standard InChI is InChI=1S/C23H27FN4O4/c1-5-28(6-2)9-10-32-23(31)27-22(30)20-13(3)19(25-14(20)4)12-17-16-11-15(24)7-8-18(16)26-21(17)29/h7-8,11-12,25H,5-6,9-10H2,1-4H3,(H,26,29)(H,27,30,31)/b17-12-. The van der Waals surface area contributed by atoms with Crippen LogP contribution in [0.3, 0.4) is 0 Å². The van der Waals surface area contributed by atoms with Crippen LogP contribution in [-0.2, 0) is 9.53 Å². The molecular formula is C23H27FN4O4. The van der Waals surface area contributed by atoms with Crippen molar-refractivity contribution in [2.45, 2.75) is 27.7 Å². The third kappa shape index (κ3) is 4.88. The maximum Gasteiger partial charge on any atom is 0.414 e. The molecule has 2 heterocycles. The molecule has 3 N–H and O–H groups in total. The van der Waals surface area contributed by atoms with E-state index in [1.807, 2.05) is 13.8 Å². The molecule has 8 nitrogen and oxygen atoms in total. The number of carbonyl (C=O) groups is 3. The highest BCUT2D eigenvalue weighted by Crippen LogP contribution is 2.34. The molecule has 0 radical (unpaired) electrons. The Morgan fingerprint density at radius 2 is 1.94 bits per heavy atom. The average molecular weight is 442 g/mol. The Bertz CT molecular complexity index is 1090. The number of halogens is 1. The van der Waals surface area contributed by atoms with Crippen LogP contribution in [0.25, 0.3) is 11.6 Å². The summed E-state index contributed by atoms with van der Waals surface area (Å²) >= 11 is 0. The van der Waals surface area contributed by atoms with E-state index < -0.39 is 17.8 Å². The number of hydrogen-bond acceptors (Lipinski definition) is 5. The minimum absolute atomic E-state index is 0.175. The number of aromatic amines is 1. The number of aromatic nitrogens is 1. The molecule has 3 amide bonds. The first kappa shape index (κ1) is 23.2. The summed E-state index contributed by atoms with van der Waals surface area (Å²) in [6, 6.07) is 4.06. The molecule has 3 rings (SSSR count). The van der Waals surface area contributed by atoms with E-state index in [9.17, 15) is 18.8 Å². The molecule has 0 saturated carbocycles. The van der Waals surface area contributed by atoms with Gasteiger partial charge in [-0.15, -0.1) is 0 Å². The predicted octanol–water partition coefficient (Wildman–Crippen LogP) is 3.47. The normalized spacial score (nSPS) is 13.9. The number of nitrogens with zero attached hydrogens (tertiary/aromatic N) is 1. The lowest BCUT2D eigenvalue weighted by Crippen LogP contribution is -2.34. The van der Waals surface area contributed by atoms with Gasteiger partial charge in [0, 0.05) is 29.2 Å². The summed E-state index contributed by atoms with van der Waals surface area (Å²) in [4.78, 5) is 42.2. The number of hydrogen-bond donors (Lipinski definition) is 3. The molecule has 0 saturated heterocycles. The Morgan fingerprint density at radius 3 is 2.62 bits per heavy atom. The number of anilines is 1. The maximum atomic E-state index is 13.7. The van der Waals surface area contributed by atoms with Crippen LogP contribution in [0, 0.1) is 19.7 Å². The summed E-state index contributed by atoms with van der Waals surface area (Å²) < 4.78 is 18.8. The van der Waals surface area contributed by atoms with Crippen molar-refractivity contribution in [1.82, 2.24) is 15.2 Å². The molecule has 0 aliphatic carbocycles. The van der Waals surface area contributed by atoms with Gasteiger partial charge in [-0.2, -0.15) is 0 Å². The first-order valence-electron chi connectivity index (χ1n) is 10.5. The molecule has 1 aliphatic heterocycles. The molecule has 1 aliphatic rings. The van der Waals surface area contributed by atoms with Crippen molar-refractivity contribution in [1.29, 1.82) is 0 Å². The molecule has 9 heteroatoms. The topological polar surface area (TPSA) is 104 Å². The fraction of sp³-hybridized carbons (Fsp3) is 0.348. The van der Waals surface area contributed by atoms with Crippen molar-refractivity contribution in [3.8, 4) is 0 Å². The summed E-state index contributed by atoms with van der Waals surface area (Å²) in [5.41, 5.74) is 3.15. The van der Waals surface area contributed by atoms with Gasteiger partial charge in [-0.3, -0.25) is 14.9 Å². The van der Waals surface area contributed by atoms with Gasteiger partial charge >= 0.3 is 6.09 Å². The highest BCUT2D eigenvalue weighted by molar-refractivity contribution is 6.35. The number of nitrogens with one attached hydrogen (secondary N) is 3. The zero-order valence-corrected chi connectivity index (χ0v) is 18.6. The second-order valence-electron chi connectivity index (χ2n) is 7.48.